The number of nitrogen functional groups attached to an aromatic ring is 1. The van der Waals surface area contributed by atoms with Gasteiger partial charge in [0.15, 0.2) is 17.3 Å². The second-order valence-electron chi connectivity index (χ2n) is 8.94. The topological polar surface area (TPSA) is 128 Å². The average molecular weight is 500 g/mol. The molecule has 1 fully saturated rings. The number of aryl methyl sites for hydroxylation is 1. The summed E-state index contributed by atoms with van der Waals surface area (Å²) in [7, 11) is 3.20. The van der Waals surface area contributed by atoms with Crippen LogP contribution in [0.5, 0.6) is 11.5 Å². The van der Waals surface area contributed by atoms with Crippen LogP contribution in [0.1, 0.15) is 12.0 Å². The maximum Gasteiger partial charge on any atom is 0.319 e. The number of methoxy groups -OCH3 is 2. The minimum atomic E-state index is -0.238. The first-order valence-corrected chi connectivity index (χ1v) is 12.0. The van der Waals surface area contributed by atoms with Gasteiger partial charge in [0.2, 0.25) is 5.95 Å². The smallest absolute Gasteiger partial charge is 0.319 e. The van der Waals surface area contributed by atoms with Crippen LogP contribution in [0.15, 0.2) is 54.6 Å². The van der Waals surface area contributed by atoms with E-state index in [0.29, 0.717) is 41.4 Å². The molecule has 4 aromatic rings. The molecule has 3 heterocycles. The van der Waals surface area contributed by atoms with Gasteiger partial charge in [-0.05, 0) is 61.4 Å². The highest BCUT2D eigenvalue weighted by molar-refractivity contribution is 5.90. The van der Waals surface area contributed by atoms with Gasteiger partial charge in [-0.2, -0.15) is 4.98 Å². The van der Waals surface area contributed by atoms with Gasteiger partial charge in [-0.1, -0.05) is 12.1 Å². The van der Waals surface area contributed by atoms with Crippen LogP contribution in [0, 0.1) is 6.92 Å². The maximum absolute atomic E-state index is 12.6. The quantitative estimate of drug-likeness (QED) is 0.363. The number of ether oxygens (including phenoxy) is 2. The van der Waals surface area contributed by atoms with Gasteiger partial charge in [0.25, 0.3) is 0 Å². The van der Waals surface area contributed by atoms with Crippen molar-refractivity contribution in [2.45, 2.75) is 19.4 Å². The van der Waals surface area contributed by atoms with E-state index in [-0.39, 0.29) is 18.0 Å². The standard InChI is InChI=1S/C27H29N7O3/c1-16-5-4-6-18(13-16)29-27(35)30-19-11-12-34(15-19)25-24-21(32-26(28)33-25)9-8-20(31-24)17-7-10-22(36-2)23(14-17)37-3/h4-10,13-14,19H,11-12,15H2,1-3H3,(H2,28,32,33)(H2,29,30,35)/t19-/m0/s1. The Hall–Kier alpha value is -4.60. The molecule has 10 nitrogen and oxygen atoms in total. The zero-order valence-corrected chi connectivity index (χ0v) is 21.0. The van der Waals surface area contributed by atoms with Crippen molar-refractivity contribution in [1.82, 2.24) is 20.3 Å². The number of rotatable bonds is 6. The predicted octanol–water partition coefficient (Wildman–Crippen LogP) is 4.00. The van der Waals surface area contributed by atoms with E-state index < -0.39 is 0 Å². The average Bonchev–Trinajstić information content (AvgIpc) is 3.35. The number of nitrogens with one attached hydrogen (secondary N) is 2. The summed E-state index contributed by atoms with van der Waals surface area (Å²) in [6.07, 6.45) is 0.766. The molecule has 37 heavy (non-hydrogen) atoms. The highest BCUT2D eigenvalue weighted by Gasteiger charge is 2.27. The first-order chi connectivity index (χ1) is 17.9. The summed E-state index contributed by atoms with van der Waals surface area (Å²) in [5.41, 5.74) is 10.8. The van der Waals surface area contributed by atoms with Crippen LogP contribution in [-0.2, 0) is 0 Å². The van der Waals surface area contributed by atoms with Crippen molar-refractivity contribution >= 4 is 34.5 Å². The zero-order chi connectivity index (χ0) is 25.9. The lowest BCUT2D eigenvalue weighted by Crippen LogP contribution is -2.39. The molecule has 0 unspecified atom stereocenters. The van der Waals surface area contributed by atoms with Gasteiger partial charge in [0, 0.05) is 30.4 Å². The predicted molar refractivity (Wildman–Crippen MR) is 144 cm³/mol. The number of anilines is 3. The number of carbonyl (C=O) groups is 1. The Morgan fingerprint density at radius 1 is 1.03 bits per heavy atom. The Kier molecular flexibility index (Phi) is 6.63. The Bertz CT molecular complexity index is 1460. The molecule has 1 aliphatic heterocycles. The maximum atomic E-state index is 12.6. The van der Waals surface area contributed by atoms with E-state index in [4.69, 9.17) is 20.2 Å². The van der Waals surface area contributed by atoms with Gasteiger partial charge in [0.05, 0.1) is 25.4 Å². The van der Waals surface area contributed by atoms with Crippen LogP contribution >= 0.6 is 0 Å². The first-order valence-electron chi connectivity index (χ1n) is 12.0. The van der Waals surface area contributed by atoms with Crippen molar-refractivity contribution < 1.29 is 14.3 Å². The number of amides is 2. The fourth-order valence-electron chi connectivity index (χ4n) is 4.54. The van der Waals surface area contributed by atoms with Gasteiger partial charge >= 0.3 is 6.03 Å². The molecule has 10 heteroatoms. The molecule has 1 aliphatic rings. The summed E-state index contributed by atoms with van der Waals surface area (Å²) in [6.45, 7) is 3.26. The van der Waals surface area contributed by atoms with Crippen molar-refractivity contribution in [1.29, 1.82) is 0 Å². The Balaban J connectivity index is 1.37. The molecule has 2 aromatic heterocycles. The number of aromatic nitrogens is 3. The van der Waals surface area contributed by atoms with Crippen molar-refractivity contribution in [3.05, 3.63) is 60.2 Å². The Labute approximate surface area is 214 Å². The minimum absolute atomic E-state index is 0.0509. The lowest BCUT2D eigenvalue weighted by Gasteiger charge is -2.20. The number of carbonyl (C=O) groups excluding carboxylic acids is 1. The van der Waals surface area contributed by atoms with Gasteiger partial charge < -0.3 is 30.7 Å². The van der Waals surface area contributed by atoms with E-state index in [1.807, 2.05) is 61.5 Å². The zero-order valence-electron chi connectivity index (χ0n) is 21.0. The van der Waals surface area contributed by atoms with Crippen LogP contribution in [0.3, 0.4) is 0 Å². The molecular formula is C27H29N7O3. The van der Waals surface area contributed by atoms with Crippen LogP contribution in [0.2, 0.25) is 0 Å². The molecule has 190 valence electrons. The fourth-order valence-corrected chi connectivity index (χ4v) is 4.54. The van der Waals surface area contributed by atoms with E-state index in [1.54, 1.807) is 14.2 Å². The summed E-state index contributed by atoms with van der Waals surface area (Å²) in [4.78, 5) is 28.5. The molecule has 5 rings (SSSR count). The van der Waals surface area contributed by atoms with Crippen LogP contribution in [0.4, 0.5) is 22.2 Å². The number of nitrogens with two attached hydrogens (primary N) is 1. The van der Waals surface area contributed by atoms with Crippen molar-refractivity contribution in [2.75, 3.05) is 43.3 Å². The molecule has 0 radical (unpaired) electrons. The number of hydrogen-bond acceptors (Lipinski definition) is 8. The van der Waals surface area contributed by atoms with E-state index in [2.05, 4.69) is 25.5 Å². The molecule has 2 aromatic carbocycles. The van der Waals surface area contributed by atoms with Crippen LogP contribution in [0.25, 0.3) is 22.3 Å². The molecule has 4 N–H and O–H groups in total. The van der Waals surface area contributed by atoms with Crippen molar-refractivity contribution in [3.63, 3.8) is 0 Å². The van der Waals surface area contributed by atoms with E-state index in [1.165, 1.54) is 0 Å². The molecule has 2 amide bonds. The van der Waals surface area contributed by atoms with Crippen LogP contribution < -0.4 is 30.7 Å². The van der Waals surface area contributed by atoms with Crippen molar-refractivity contribution in [3.8, 4) is 22.8 Å². The molecule has 0 saturated carbocycles. The molecular weight excluding hydrogens is 470 g/mol. The largest absolute Gasteiger partial charge is 0.493 e. The summed E-state index contributed by atoms with van der Waals surface area (Å²) in [5, 5.41) is 5.96. The number of hydrogen-bond donors (Lipinski definition) is 3. The molecule has 0 bridgehead atoms. The second kappa shape index (κ2) is 10.2. The number of pyridine rings is 1. The van der Waals surface area contributed by atoms with Crippen LogP contribution in [-0.4, -0.2) is 54.3 Å². The van der Waals surface area contributed by atoms with E-state index in [9.17, 15) is 4.79 Å². The summed E-state index contributed by atoms with van der Waals surface area (Å²) in [6, 6.07) is 16.8. The van der Waals surface area contributed by atoms with Gasteiger partial charge in [-0.3, -0.25) is 0 Å². The molecule has 1 atom stereocenters. The lowest BCUT2D eigenvalue weighted by atomic mass is 10.1. The number of fused-ring (bicyclic) bond motifs is 1. The highest BCUT2D eigenvalue weighted by atomic mass is 16.5. The third-order valence-corrected chi connectivity index (χ3v) is 6.32. The Morgan fingerprint density at radius 2 is 1.86 bits per heavy atom. The third-order valence-electron chi connectivity index (χ3n) is 6.32. The Morgan fingerprint density at radius 3 is 2.65 bits per heavy atom. The molecule has 1 saturated heterocycles. The monoisotopic (exact) mass is 499 g/mol. The second-order valence-corrected chi connectivity index (χ2v) is 8.94. The van der Waals surface area contributed by atoms with E-state index >= 15 is 0 Å². The van der Waals surface area contributed by atoms with Gasteiger partial charge in [-0.15, -0.1) is 0 Å². The highest BCUT2D eigenvalue weighted by Crippen LogP contribution is 2.33. The summed E-state index contributed by atoms with van der Waals surface area (Å²) in [5.74, 6) is 2.09. The third kappa shape index (κ3) is 5.18. The normalized spacial score (nSPS) is 15.0. The number of urea groups is 1. The summed E-state index contributed by atoms with van der Waals surface area (Å²) < 4.78 is 10.8. The lowest BCUT2D eigenvalue weighted by molar-refractivity contribution is 0.249. The van der Waals surface area contributed by atoms with E-state index in [0.717, 1.165) is 28.9 Å². The number of benzene rings is 2. The SMILES string of the molecule is COc1ccc(-c2ccc3nc(N)nc(N4CC[C@H](NC(=O)Nc5cccc(C)c5)C4)c3n2)cc1OC. The molecule has 0 spiro atoms. The minimum Gasteiger partial charge on any atom is -0.493 e. The number of nitrogens with zero attached hydrogens (tertiary/aromatic N) is 4. The fraction of sp³-hybridized carbons (Fsp3) is 0.259. The van der Waals surface area contributed by atoms with Gasteiger partial charge in [0.1, 0.15) is 5.52 Å². The van der Waals surface area contributed by atoms with Gasteiger partial charge in [-0.25, -0.2) is 14.8 Å². The molecule has 0 aliphatic carbocycles. The first kappa shape index (κ1) is 24.1. The van der Waals surface area contributed by atoms with Crippen molar-refractivity contribution in [2.24, 2.45) is 0 Å². The summed E-state index contributed by atoms with van der Waals surface area (Å²) >= 11 is 0.